The third kappa shape index (κ3) is 1.84. The Bertz CT molecular complexity index is 181. The molecule has 2 N–H and O–H groups in total. The average Bonchev–Trinajstić information content (AvgIpc) is 2.08. The van der Waals surface area contributed by atoms with Crippen molar-refractivity contribution in [3.8, 4) is 0 Å². The van der Waals surface area contributed by atoms with E-state index in [1.54, 1.807) is 11.8 Å². The number of hydrogen-bond donors (Lipinski definition) is 1. The van der Waals surface area contributed by atoms with Crippen molar-refractivity contribution in [2.75, 3.05) is 11.5 Å². The maximum Gasteiger partial charge on any atom is 0.212 e. The van der Waals surface area contributed by atoms with Gasteiger partial charge in [-0.3, -0.25) is 0 Å². The summed E-state index contributed by atoms with van der Waals surface area (Å²) < 4.78 is 21.2. The van der Waals surface area contributed by atoms with E-state index in [1.165, 1.54) is 0 Å². The second-order valence-corrected chi connectivity index (χ2v) is 5.07. The lowest BCUT2D eigenvalue weighted by Gasteiger charge is -2.01. The molecule has 0 aromatic rings. The van der Waals surface area contributed by atoms with Gasteiger partial charge in [0.15, 0.2) is 0 Å². The summed E-state index contributed by atoms with van der Waals surface area (Å²) in [7, 11) is -3.22. The van der Waals surface area contributed by atoms with Gasteiger partial charge in [-0.05, 0) is 12.2 Å². The first-order valence-corrected chi connectivity index (χ1v) is 5.46. The maximum absolute atomic E-state index is 10.6. The summed E-state index contributed by atoms with van der Waals surface area (Å²) in [5.41, 5.74) is 0. The predicted molar refractivity (Wildman–Crippen MR) is 38.8 cm³/mol. The molecule has 1 heterocycles. The highest BCUT2D eigenvalue weighted by Crippen LogP contribution is 2.21. The van der Waals surface area contributed by atoms with Crippen molar-refractivity contribution in [2.24, 2.45) is 5.14 Å². The summed E-state index contributed by atoms with van der Waals surface area (Å²) in [5, 5.41) is 4.62. The van der Waals surface area contributed by atoms with Crippen LogP contribution in [0.3, 0.4) is 0 Å². The van der Waals surface area contributed by atoms with Crippen molar-refractivity contribution in [3.63, 3.8) is 0 Å². The predicted octanol–water partition coefficient (Wildman–Crippen LogP) is -0.220. The first-order chi connectivity index (χ1) is 4.11. The van der Waals surface area contributed by atoms with E-state index >= 15 is 0 Å². The van der Waals surface area contributed by atoms with Gasteiger partial charge in [-0.2, -0.15) is 11.8 Å². The number of primary sulfonamides is 1. The van der Waals surface area contributed by atoms with Crippen LogP contribution in [0.4, 0.5) is 0 Å². The Balaban J connectivity index is 2.63. The summed E-state index contributed by atoms with van der Waals surface area (Å²) in [5.74, 6) is 1.61. The van der Waals surface area contributed by atoms with Gasteiger partial charge in [0, 0.05) is 5.75 Å². The van der Waals surface area contributed by atoms with Crippen molar-refractivity contribution >= 4 is 21.8 Å². The Labute approximate surface area is 59.1 Å². The zero-order valence-corrected chi connectivity index (χ0v) is 6.54. The van der Waals surface area contributed by atoms with Gasteiger partial charge in [-0.25, -0.2) is 13.6 Å². The monoisotopic (exact) mass is 167 g/mol. The quantitative estimate of drug-likeness (QED) is 0.587. The van der Waals surface area contributed by atoms with Crippen molar-refractivity contribution in [3.05, 3.63) is 0 Å². The van der Waals surface area contributed by atoms with Crippen LogP contribution in [0.1, 0.15) is 6.42 Å². The lowest BCUT2D eigenvalue weighted by Crippen LogP contribution is -2.27. The molecule has 1 saturated heterocycles. The zero-order valence-electron chi connectivity index (χ0n) is 4.91. The third-order valence-corrected chi connectivity index (χ3v) is 4.06. The molecule has 0 saturated carbocycles. The molecule has 0 aromatic carbocycles. The number of sulfonamides is 1. The molecule has 0 aliphatic carbocycles. The van der Waals surface area contributed by atoms with E-state index < -0.39 is 10.0 Å². The van der Waals surface area contributed by atoms with Gasteiger partial charge in [0.1, 0.15) is 0 Å². The molecule has 1 aliphatic heterocycles. The summed E-state index contributed by atoms with van der Waals surface area (Å²) in [6.07, 6.45) is 0.726. The molecule has 0 radical (unpaired) electrons. The number of nitrogens with two attached hydrogens (primary N) is 1. The lowest BCUT2D eigenvalue weighted by atomic mass is 10.4. The van der Waals surface area contributed by atoms with Crippen LogP contribution in [0, 0.1) is 0 Å². The fraction of sp³-hybridized carbons (Fsp3) is 1.00. The van der Waals surface area contributed by atoms with Crippen molar-refractivity contribution in [1.82, 2.24) is 0 Å². The van der Waals surface area contributed by atoms with Crippen LogP contribution < -0.4 is 5.14 Å². The molecule has 54 valence electrons. The van der Waals surface area contributed by atoms with Crippen LogP contribution >= 0.6 is 11.8 Å². The van der Waals surface area contributed by atoms with E-state index in [0.29, 0.717) is 5.75 Å². The van der Waals surface area contributed by atoms with Crippen LogP contribution in [0.25, 0.3) is 0 Å². The minimum absolute atomic E-state index is 0.275. The van der Waals surface area contributed by atoms with Crippen molar-refractivity contribution in [2.45, 2.75) is 11.7 Å². The van der Waals surface area contributed by atoms with Gasteiger partial charge >= 0.3 is 0 Å². The molecule has 0 amide bonds. The standard InChI is InChI=1S/C4H9NO2S2/c5-9(6,7)4-1-2-8-3-4/h4H,1-3H2,(H2,5,6,7). The summed E-state index contributed by atoms with van der Waals surface area (Å²) in [6, 6.07) is 0. The summed E-state index contributed by atoms with van der Waals surface area (Å²) >= 11 is 1.65. The summed E-state index contributed by atoms with van der Waals surface area (Å²) in [6.45, 7) is 0. The SMILES string of the molecule is NS(=O)(=O)C1CCSC1. The Morgan fingerprint density at radius 1 is 1.56 bits per heavy atom. The molecule has 9 heavy (non-hydrogen) atoms. The number of hydrogen-bond acceptors (Lipinski definition) is 3. The fourth-order valence-corrected chi connectivity index (χ4v) is 3.46. The van der Waals surface area contributed by atoms with E-state index in [1.807, 2.05) is 0 Å². The molecule has 3 nitrogen and oxygen atoms in total. The molecular formula is C4H9NO2S2. The number of rotatable bonds is 1. The summed E-state index contributed by atoms with van der Waals surface area (Å²) in [4.78, 5) is 0. The Hall–Kier alpha value is 0.260. The largest absolute Gasteiger partial charge is 0.228 e. The van der Waals surface area contributed by atoms with Gasteiger partial charge in [0.05, 0.1) is 5.25 Å². The molecule has 0 spiro atoms. The second-order valence-electron chi connectivity index (χ2n) is 2.07. The van der Waals surface area contributed by atoms with Crippen molar-refractivity contribution in [1.29, 1.82) is 0 Å². The van der Waals surface area contributed by atoms with Crippen LogP contribution in [-0.4, -0.2) is 25.2 Å². The first-order valence-electron chi connectivity index (χ1n) is 2.70. The topological polar surface area (TPSA) is 60.2 Å². The molecule has 5 heteroatoms. The van der Waals surface area contributed by atoms with Gasteiger partial charge in [-0.1, -0.05) is 0 Å². The highest BCUT2D eigenvalue weighted by Gasteiger charge is 2.25. The molecule has 0 aromatic heterocycles. The van der Waals surface area contributed by atoms with Crippen LogP contribution in [0.5, 0.6) is 0 Å². The lowest BCUT2D eigenvalue weighted by molar-refractivity contribution is 0.586. The van der Waals surface area contributed by atoms with E-state index in [9.17, 15) is 8.42 Å². The Morgan fingerprint density at radius 2 is 2.22 bits per heavy atom. The van der Waals surface area contributed by atoms with Crippen molar-refractivity contribution < 1.29 is 8.42 Å². The molecule has 1 unspecified atom stereocenters. The van der Waals surface area contributed by atoms with Gasteiger partial charge in [0.25, 0.3) is 0 Å². The third-order valence-electron chi connectivity index (χ3n) is 1.35. The molecule has 1 rings (SSSR count). The molecule has 0 bridgehead atoms. The minimum Gasteiger partial charge on any atom is -0.228 e. The fourth-order valence-electron chi connectivity index (χ4n) is 0.772. The first kappa shape index (κ1) is 7.37. The minimum atomic E-state index is -3.22. The van der Waals surface area contributed by atoms with Crippen LogP contribution in [-0.2, 0) is 10.0 Å². The number of thioether (sulfide) groups is 1. The van der Waals surface area contributed by atoms with Gasteiger partial charge < -0.3 is 0 Å². The zero-order chi connectivity index (χ0) is 6.91. The maximum atomic E-state index is 10.6. The normalized spacial score (nSPS) is 28.8. The average molecular weight is 167 g/mol. The smallest absolute Gasteiger partial charge is 0.212 e. The van der Waals surface area contributed by atoms with Gasteiger partial charge in [-0.15, -0.1) is 0 Å². The van der Waals surface area contributed by atoms with Gasteiger partial charge in [0.2, 0.25) is 10.0 Å². The highest BCUT2D eigenvalue weighted by atomic mass is 32.2. The van der Waals surface area contributed by atoms with E-state index in [-0.39, 0.29) is 5.25 Å². The van der Waals surface area contributed by atoms with E-state index in [4.69, 9.17) is 5.14 Å². The highest BCUT2D eigenvalue weighted by molar-refractivity contribution is 8.01. The van der Waals surface area contributed by atoms with E-state index in [0.717, 1.165) is 12.2 Å². The second kappa shape index (κ2) is 2.48. The molecule has 1 aliphatic rings. The van der Waals surface area contributed by atoms with Crippen LogP contribution in [0.15, 0.2) is 0 Å². The molecular weight excluding hydrogens is 158 g/mol. The Morgan fingerprint density at radius 3 is 2.44 bits per heavy atom. The Kier molecular flexibility index (Phi) is 2.03. The molecule has 1 atom stereocenters. The van der Waals surface area contributed by atoms with E-state index in [2.05, 4.69) is 0 Å². The van der Waals surface area contributed by atoms with Crippen LogP contribution in [0.2, 0.25) is 0 Å². The molecule has 1 fully saturated rings.